The maximum absolute atomic E-state index is 12.0. The van der Waals surface area contributed by atoms with Crippen LogP contribution in [0.3, 0.4) is 0 Å². The molecule has 30 heavy (non-hydrogen) atoms. The van der Waals surface area contributed by atoms with Crippen LogP contribution in [0.1, 0.15) is 25.7 Å². The molecule has 2 aliphatic rings. The van der Waals surface area contributed by atoms with Crippen molar-refractivity contribution in [3.8, 4) is 5.75 Å². The van der Waals surface area contributed by atoms with E-state index in [0.29, 0.717) is 18.9 Å². The van der Waals surface area contributed by atoms with Crippen molar-refractivity contribution in [3.63, 3.8) is 0 Å². The summed E-state index contributed by atoms with van der Waals surface area (Å²) in [6.45, 7) is 0. The van der Waals surface area contributed by atoms with Crippen molar-refractivity contribution in [2.75, 3.05) is 5.75 Å². The second-order valence-electron chi connectivity index (χ2n) is 6.68. The van der Waals surface area contributed by atoms with Gasteiger partial charge in [0.15, 0.2) is 0 Å². The van der Waals surface area contributed by atoms with Crippen molar-refractivity contribution in [3.05, 3.63) is 28.3 Å². The normalized spacial score (nSPS) is 22.4. The van der Waals surface area contributed by atoms with Crippen LogP contribution in [-0.4, -0.2) is 53.0 Å². The first kappa shape index (κ1) is 24.9. The Hall–Kier alpha value is -1.38. The molecule has 0 spiro atoms. The third-order valence-electron chi connectivity index (χ3n) is 4.70. The SMILES string of the molecule is O=C1N[C@H]2[C@H](CS[C@H]2CCCCC(=O)Oc2ccc(S(=O)(=O)[O-])cc2[N+](=O)[O-])N1.[Na+]. The number of hydrogen-bond acceptors (Lipinski definition) is 9. The third-order valence-corrected chi connectivity index (χ3v) is 7.04. The van der Waals surface area contributed by atoms with Crippen molar-refractivity contribution >= 4 is 39.6 Å². The summed E-state index contributed by atoms with van der Waals surface area (Å²) in [5.41, 5.74) is -0.770. The summed E-state index contributed by atoms with van der Waals surface area (Å²) < 4.78 is 38.0. The number of fused-ring (bicyclic) bond motifs is 1. The maximum atomic E-state index is 12.0. The zero-order valence-electron chi connectivity index (χ0n) is 16.0. The summed E-state index contributed by atoms with van der Waals surface area (Å²) >= 11 is 1.76. The van der Waals surface area contributed by atoms with E-state index in [0.717, 1.165) is 24.3 Å². The Bertz CT molecular complexity index is 942. The van der Waals surface area contributed by atoms with Crippen LogP contribution in [0.5, 0.6) is 5.75 Å². The number of nitrogens with zero attached hydrogens (tertiary/aromatic N) is 1. The van der Waals surface area contributed by atoms with Crippen molar-refractivity contribution in [1.82, 2.24) is 10.6 Å². The number of hydrogen-bond donors (Lipinski definition) is 2. The van der Waals surface area contributed by atoms with Crippen LogP contribution in [0.2, 0.25) is 0 Å². The van der Waals surface area contributed by atoms with Gasteiger partial charge >= 0.3 is 47.2 Å². The molecular weight excluding hydrogens is 449 g/mol. The van der Waals surface area contributed by atoms with E-state index in [1.54, 1.807) is 11.8 Å². The minimum atomic E-state index is -4.87. The number of ether oxygens (including phenoxy) is 1. The average Bonchev–Trinajstić information content (AvgIpc) is 3.17. The van der Waals surface area contributed by atoms with Crippen LogP contribution < -0.4 is 44.9 Å². The first-order valence-corrected chi connectivity index (χ1v) is 11.2. The smallest absolute Gasteiger partial charge is 0.744 e. The first-order chi connectivity index (χ1) is 13.6. The number of carbonyl (C=O) groups excluding carboxylic acids is 2. The second-order valence-corrected chi connectivity index (χ2v) is 9.33. The number of nitro benzene ring substituents is 1. The molecule has 0 bridgehead atoms. The third kappa shape index (κ3) is 6.08. The van der Waals surface area contributed by atoms with E-state index in [1.807, 2.05) is 0 Å². The molecule has 2 amide bonds. The van der Waals surface area contributed by atoms with Gasteiger partial charge in [-0.1, -0.05) is 6.42 Å². The quantitative estimate of drug-likeness (QED) is 0.0651. The summed E-state index contributed by atoms with van der Waals surface area (Å²) in [6.07, 6.45) is 2.03. The molecule has 158 valence electrons. The molecule has 2 N–H and O–H groups in total. The van der Waals surface area contributed by atoms with E-state index in [9.17, 15) is 32.7 Å². The standard InChI is InChI=1S/C16H19N3O8S2.Na/c20-14(4-2-1-3-13-15-10(8-28-13)17-16(21)18-15)27-12-6-5-9(29(24,25)26)7-11(12)19(22)23;/h5-7,10,13,15H,1-4,8H2,(H2,17,18,21)(H,24,25,26);/q;+1/p-1/t10-,13-,15-;/m0./s1. The number of thioether (sulfide) groups is 1. The predicted octanol–water partition coefficient (Wildman–Crippen LogP) is -1.87. The molecule has 2 aliphatic heterocycles. The molecule has 0 saturated carbocycles. The number of amides is 2. The van der Waals surface area contributed by atoms with Crippen LogP contribution in [-0.2, 0) is 14.9 Å². The number of nitrogens with one attached hydrogen (secondary N) is 2. The largest absolute Gasteiger partial charge is 1.00 e. The summed E-state index contributed by atoms with van der Waals surface area (Å²) in [5.74, 6) is -0.269. The number of nitro groups is 1. The van der Waals surface area contributed by atoms with Gasteiger partial charge in [-0.15, -0.1) is 0 Å². The number of benzene rings is 1. The Labute approximate surface area is 198 Å². The fourth-order valence-electron chi connectivity index (χ4n) is 3.31. The molecule has 1 aromatic carbocycles. The Morgan fingerprint density at radius 1 is 1.30 bits per heavy atom. The van der Waals surface area contributed by atoms with E-state index in [1.165, 1.54) is 0 Å². The molecule has 3 rings (SSSR count). The molecule has 11 nitrogen and oxygen atoms in total. The van der Waals surface area contributed by atoms with Gasteiger partial charge in [-0.2, -0.15) is 11.8 Å². The van der Waals surface area contributed by atoms with Crippen LogP contribution in [0.15, 0.2) is 23.1 Å². The fourth-order valence-corrected chi connectivity index (χ4v) is 5.35. The van der Waals surface area contributed by atoms with Gasteiger partial charge in [-0.05, 0) is 25.0 Å². The molecule has 0 unspecified atom stereocenters. The fraction of sp³-hybridized carbons (Fsp3) is 0.500. The molecular formula is C16H18N3NaO8S2. The number of urea groups is 1. The molecule has 14 heteroatoms. The van der Waals surface area contributed by atoms with Crippen molar-refractivity contribution < 1.29 is 61.8 Å². The van der Waals surface area contributed by atoms with E-state index in [2.05, 4.69) is 10.6 Å². The van der Waals surface area contributed by atoms with E-state index >= 15 is 0 Å². The van der Waals surface area contributed by atoms with Gasteiger partial charge in [-0.3, -0.25) is 14.9 Å². The maximum Gasteiger partial charge on any atom is 1.00 e. The predicted molar refractivity (Wildman–Crippen MR) is 101 cm³/mol. The van der Waals surface area contributed by atoms with E-state index in [4.69, 9.17) is 4.74 Å². The Kier molecular flexibility index (Phi) is 8.53. The van der Waals surface area contributed by atoms with E-state index in [-0.39, 0.29) is 59.3 Å². The molecule has 0 radical (unpaired) electrons. The van der Waals surface area contributed by atoms with Crippen LogP contribution in [0, 0.1) is 10.1 Å². The molecule has 1 aromatic rings. The monoisotopic (exact) mass is 467 g/mol. The van der Waals surface area contributed by atoms with Gasteiger partial charge < -0.3 is 19.9 Å². The summed E-state index contributed by atoms with van der Waals surface area (Å²) in [5, 5.41) is 17.1. The zero-order chi connectivity index (χ0) is 21.2. The van der Waals surface area contributed by atoms with Crippen molar-refractivity contribution in [1.29, 1.82) is 0 Å². The number of rotatable bonds is 8. The van der Waals surface area contributed by atoms with Crippen LogP contribution in [0.25, 0.3) is 0 Å². The number of carbonyl (C=O) groups is 2. The summed E-state index contributed by atoms with van der Waals surface area (Å²) in [6, 6.07) is 2.40. The summed E-state index contributed by atoms with van der Waals surface area (Å²) in [7, 11) is -4.87. The Balaban J connectivity index is 0.00000320. The number of esters is 1. The molecule has 2 saturated heterocycles. The van der Waals surface area contributed by atoms with Gasteiger partial charge in [0.1, 0.15) is 10.1 Å². The first-order valence-electron chi connectivity index (χ1n) is 8.79. The van der Waals surface area contributed by atoms with Crippen LogP contribution in [0.4, 0.5) is 10.5 Å². The molecule has 3 atom stereocenters. The molecule has 2 heterocycles. The Morgan fingerprint density at radius 3 is 2.70 bits per heavy atom. The molecule has 0 aliphatic carbocycles. The van der Waals surface area contributed by atoms with Crippen LogP contribution >= 0.6 is 11.8 Å². The minimum Gasteiger partial charge on any atom is -0.744 e. The average molecular weight is 467 g/mol. The number of unbranched alkanes of at least 4 members (excludes halogenated alkanes) is 1. The van der Waals surface area contributed by atoms with Gasteiger partial charge in [0.05, 0.1) is 21.9 Å². The zero-order valence-corrected chi connectivity index (χ0v) is 19.7. The van der Waals surface area contributed by atoms with Gasteiger partial charge in [0.2, 0.25) is 5.75 Å². The second kappa shape index (κ2) is 10.3. The van der Waals surface area contributed by atoms with Gasteiger partial charge in [0, 0.05) is 23.5 Å². The van der Waals surface area contributed by atoms with E-state index < -0.39 is 37.3 Å². The minimum absolute atomic E-state index is 0. The van der Waals surface area contributed by atoms with Crippen molar-refractivity contribution in [2.45, 2.75) is 47.9 Å². The van der Waals surface area contributed by atoms with Gasteiger partial charge in [-0.25, -0.2) is 13.2 Å². The van der Waals surface area contributed by atoms with Gasteiger partial charge in [0.25, 0.3) is 0 Å². The molecule has 2 fully saturated rings. The molecule has 0 aromatic heterocycles. The van der Waals surface area contributed by atoms with Crippen molar-refractivity contribution in [2.24, 2.45) is 0 Å². The topological polar surface area (TPSA) is 168 Å². The Morgan fingerprint density at radius 2 is 2.03 bits per heavy atom. The summed E-state index contributed by atoms with van der Waals surface area (Å²) in [4.78, 5) is 32.7.